The summed E-state index contributed by atoms with van der Waals surface area (Å²) in [7, 11) is 0. The summed E-state index contributed by atoms with van der Waals surface area (Å²) in [5.74, 6) is 0. The molecular weight excluding hydrogens is 840 g/mol. The summed E-state index contributed by atoms with van der Waals surface area (Å²) in [6.07, 6.45) is 9.89. The van der Waals surface area contributed by atoms with Gasteiger partial charge in [-0.05, 0) is 0 Å². The van der Waals surface area contributed by atoms with Gasteiger partial charge in [0.05, 0.1) is 0 Å². The quantitative estimate of drug-likeness (QED) is 0.107. The Bertz CT molecular complexity index is 3020. The molecule has 0 aromatic heterocycles. The van der Waals surface area contributed by atoms with Crippen molar-refractivity contribution in [3.05, 3.63) is 215 Å². The van der Waals surface area contributed by atoms with E-state index < -0.39 is 14.4 Å². The van der Waals surface area contributed by atoms with Crippen molar-refractivity contribution in [1.29, 1.82) is 0 Å². The van der Waals surface area contributed by atoms with Gasteiger partial charge in [-0.1, -0.05) is 0 Å². The van der Waals surface area contributed by atoms with Crippen molar-refractivity contribution in [2.75, 3.05) is 0 Å². The first kappa shape index (κ1) is 40.9. The Labute approximate surface area is 365 Å². The van der Waals surface area contributed by atoms with Gasteiger partial charge in [-0.2, -0.15) is 0 Å². The summed E-state index contributed by atoms with van der Waals surface area (Å²) in [6.45, 7) is 12.6. The number of fused-ring (bicyclic) bond motifs is 4. The van der Waals surface area contributed by atoms with E-state index in [-0.39, 0.29) is 7.25 Å². The van der Waals surface area contributed by atoms with E-state index in [9.17, 15) is 0 Å². The zero-order chi connectivity index (χ0) is 42.6. The molecule has 0 aliphatic heterocycles. The molecule has 308 valence electrons. The van der Waals surface area contributed by atoms with Crippen molar-refractivity contribution in [2.45, 2.75) is 68.9 Å². The van der Waals surface area contributed by atoms with Crippen molar-refractivity contribution in [2.24, 2.45) is 0 Å². The van der Waals surface area contributed by atoms with Gasteiger partial charge in [0.15, 0.2) is 0 Å². The molecule has 0 saturated carbocycles. The molecule has 0 N–H and O–H groups in total. The van der Waals surface area contributed by atoms with Crippen LogP contribution in [-0.4, -0.2) is 6.88 Å². The summed E-state index contributed by atoms with van der Waals surface area (Å²) in [5.41, 5.74) is 14.3. The monoisotopic (exact) mass is 898 g/mol. The Balaban J connectivity index is 1.43. The van der Waals surface area contributed by atoms with Crippen LogP contribution in [0.2, 0.25) is 8.26 Å². The number of hydrogen-bond acceptors (Lipinski definition) is 0. The van der Waals surface area contributed by atoms with E-state index in [0.717, 1.165) is 25.7 Å². The summed E-state index contributed by atoms with van der Waals surface area (Å²) in [4.78, 5) is 0. The summed E-state index contributed by atoms with van der Waals surface area (Å²) in [5, 5.41) is 5.21. The van der Waals surface area contributed by atoms with Gasteiger partial charge in [0, 0.05) is 0 Å². The Hall–Kier alpha value is -5.14. The third-order valence-electron chi connectivity index (χ3n) is 17.4. The fraction of sp³-hybridized carbons (Fsp3) is 0.200. The molecule has 0 spiro atoms. The first-order chi connectivity index (χ1) is 30.2. The maximum atomic E-state index is 2.66. The molecule has 2 heteroatoms. The third-order valence-corrected chi connectivity index (χ3v) is 68.4. The minimum atomic E-state index is -6.39. The summed E-state index contributed by atoms with van der Waals surface area (Å²) >= 11 is -6.39. The van der Waals surface area contributed by atoms with Crippen LogP contribution >= 0.6 is 0 Å². The first-order valence-electron chi connectivity index (χ1n) is 23.3. The molecule has 10 rings (SSSR count). The van der Waals surface area contributed by atoms with E-state index >= 15 is 0 Å². The first-order valence-corrected chi connectivity index (χ1v) is 38.0. The van der Waals surface area contributed by atoms with Crippen molar-refractivity contribution < 1.29 is 14.4 Å². The molecule has 0 amide bonds. The Kier molecular flexibility index (Phi) is 9.53. The standard InChI is InChI=1S/2C20H15.2C6H5.2C4H9.H2Si.Zr/c2*1-14-12-16-8-5-11-19(20(16)13-14)18-10-4-7-15-6-2-3-9-17(15)18;2*1-2-4-6-5-3-1;2*1-3-4-2;;/h2*2-13H,1H3;2*1-5H;2*1,3-4H2,2H3;1H2;. The third kappa shape index (κ3) is 5.09. The molecule has 0 fully saturated rings. The van der Waals surface area contributed by atoms with Crippen LogP contribution in [0.25, 0.3) is 56.0 Å². The van der Waals surface area contributed by atoms with Gasteiger partial charge >= 0.3 is 368 Å². The minimum absolute atomic E-state index is 0.179. The van der Waals surface area contributed by atoms with Crippen molar-refractivity contribution in [1.82, 2.24) is 0 Å². The second-order valence-electron chi connectivity index (χ2n) is 20.2. The Morgan fingerprint density at radius 2 is 0.758 bits per heavy atom. The van der Waals surface area contributed by atoms with Gasteiger partial charge in [0.2, 0.25) is 0 Å². The van der Waals surface area contributed by atoms with E-state index in [4.69, 9.17) is 0 Å². The average Bonchev–Trinajstić information content (AvgIpc) is 3.88. The number of rotatable bonds is 12. The number of unbranched alkanes of at least 4 members (excludes halogenated alkanes) is 2. The van der Waals surface area contributed by atoms with Gasteiger partial charge in [-0.25, -0.2) is 0 Å². The molecule has 0 bridgehead atoms. The SMILES string of the molecule is CCC[CH2][Zr](=[SiH2])([CH2]CCC)([c]1ccccc1)([c]1ccccc1)([CH]1C(C)=Cc2c(-c3cccc4ccccc34)cccc21)[CH]1C(C)=Cc2c(-c3cccc4ccccc34)cccc21. The Morgan fingerprint density at radius 1 is 0.403 bits per heavy atom. The second kappa shape index (κ2) is 14.5. The molecule has 0 nitrogen and oxygen atoms in total. The van der Waals surface area contributed by atoms with Crippen LogP contribution in [0.3, 0.4) is 0 Å². The van der Waals surface area contributed by atoms with E-state index in [1.807, 2.05) is 0 Å². The molecule has 0 saturated heterocycles. The van der Waals surface area contributed by atoms with Crippen molar-refractivity contribution >= 4 is 47.1 Å². The predicted octanol–water partition coefficient (Wildman–Crippen LogP) is 15.3. The van der Waals surface area contributed by atoms with Crippen LogP contribution in [0.4, 0.5) is 0 Å². The zero-order valence-electron chi connectivity index (χ0n) is 37.1. The van der Waals surface area contributed by atoms with Crippen LogP contribution in [0.15, 0.2) is 193 Å². The molecule has 2 aliphatic rings. The maximum absolute atomic E-state index is 6.39. The molecule has 2 aliphatic carbocycles. The van der Waals surface area contributed by atoms with E-state index in [2.05, 4.69) is 229 Å². The molecule has 0 radical (unpaired) electrons. The number of benzene rings is 8. The topological polar surface area (TPSA) is 0 Å². The Morgan fingerprint density at radius 3 is 1.18 bits per heavy atom. The molecule has 2 atom stereocenters. The van der Waals surface area contributed by atoms with Gasteiger partial charge in [0.1, 0.15) is 0 Å². The van der Waals surface area contributed by atoms with E-state index in [1.165, 1.54) is 85.5 Å². The second-order valence-corrected chi connectivity index (χ2v) is 62.4. The van der Waals surface area contributed by atoms with Crippen LogP contribution in [0, 0.1) is 0 Å². The van der Waals surface area contributed by atoms with Crippen LogP contribution in [-0.2, 0) is 14.4 Å². The van der Waals surface area contributed by atoms with Crippen molar-refractivity contribution in [3.63, 3.8) is 0 Å². The molecule has 8 aromatic carbocycles. The molecule has 8 aromatic rings. The van der Waals surface area contributed by atoms with Gasteiger partial charge in [0.25, 0.3) is 0 Å². The fourth-order valence-corrected chi connectivity index (χ4v) is 69.4. The normalized spacial score (nSPS) is 17.6. The summed E-state index contributed by atoms with van der Waals surface area (Å²) in [6, 6.07) is 71.0. The van der Waals surface area contributed by atoms with Gasteiger partial charge in [-0.3, -0.25) is 0 Å². The van der Waals surface area contributed by atoms with E-state index in [0.29, 0.717) is 0 Å². The molecule has 62 heavy (non-hydrogen) atoms. The zero-order valence-corrected chi connectivity index (χ0v) is 41.0. The molecule has 2 unspecified atom stereocenters. The van der Waals surface area contributed by atoms with E-state index in [1.54, 1.807) is 6.54 Å². The van der Waals surface area contributed by atoms with Crippen LogP contribution in [0.1, 0.15) is 82.9 Å². The van der Waals surface area contributed by atoms with Crippen molar-refractivity contribution in [3.8, 4) is 22.3 Å². The van der Waals surface area contributed by atoms with Crippen LogP contribution < -0.4 is 6.54 Å². The van der Waals surface area contributed by atoms with Gasteiger partial charge < -0.3 is 0 Å². The van der Waals surface area contributed by atoms with Crippen LogP contribution in [0.5, 0.6) is 0 Å². The molecule has 0 heterocycles. The van der Waals surface area contributed by atoms with Gasteiger partial charge in [-0.15, -0.1) is 0 Å². The molecular formula is C60H60SiZr. The fourth-order valence-electron chi connectivity index (χ4n) is 15.4. The summed E-state index contributed by atoms with van der Waals surface area (Å²) < 4.78 is 5.94. The average molecular weight is 900 g/mol. The predicted molar refractivity (Wildman–Crippen MR) is 272 cm³/mol. The number of hydrogen-bond donors (Lipinski definition) is 0. The number of allylic oxidation sites excluding steroid dienone is 2.